The average molecular weight is 380 g/mol. The minimum Gasteiger partial charge on any atom is -0.441 e. The summed E-state index contributed by atoms with van der Waals surface area (Å²) < 4.78 is 7.65. The maximum Gasteiger partial charge on any atom is 0.229 e. The summed E-state index contributed by atoms with van der Waals surface area (Å²) in [6, 6.07) is 11.6. The Kier molecular flexibility index (Phi) is 5.00. The van der Waals surface area contributed by atoms with Gasteiger partial charge in [-0.25, -0.2) is 4.98 Å². The van der Waals surface area contributed by atoms with Crippen LogP contribution in [0.2, 0.25) is 0 Å². The van der Waals surface area contributed by atoms with Crippen LogP contribution >= 0.6 is 0 Å². The SMILES string of the molecule is CC[C@H](O)c1cc2n(n1)CCN(C(=O)Cc1nc(-c3ccccc3)oc1C)C2. The van der Waals surface area contributed by atoms with E-state index in [0.29, 0.717) is 49.1 Å². The fourth-order valence-electron chi connectivity index (χ4n) is 3.42. The van der Waals surface area contributed by atoms with E-state index in [1.807, 2.05) is 59.8 Å². The van der Waals surface area contributed by atoms with Crippen molar-refractivity contribution in [1.29, 1.82) is 0 Å². The molecule has 0 saturated heterocycles. The molecule has 0 spiro atoms. The largest absolute Gasteiger partial charge is 0.441 e. The number of carbonyl (C=O) groups excluding carboxylic acids is 1. The first kappa shape index (κ1) is 18.4. The molecule has 0 saturated carbocycles. The molecule has 7 heteroatoms. The molecular weight excluding hydrogens is 356 g/mol. The molecule has 7 nitrogen and oxygen atoms in total. The van der Waals surface area contributed by atoms with Crippen molar-refractivity contribution < 1.29 is 14.3 Å². The molecule has 3 aromatic rings. The number of aryl methyl sites for hydroxylation is 1. The maximum atomic E-state index is 12.8. The molecule has 1 N–H and O–H groups in total. The van der Waals surface area contributed by atoms with E-state index in [9.17, 15) is 9.90 Å². The Morgan fingerprint density at radius 3 is 2.82 bits per heavy atom. The lowest BCUT2D eigenvalue weighted by molar-refractivity contribution is -0.132. The predicted octanol–water partition coefficient (Wildman–Crippen LogP) is 2.87. The van der Waals surface area contributed by atoms with Gasteiger partial charge in [-0.2, -0.15) is 5.10 Å². The van der Waals surface area contributed by atoms with Gasteiger partial charge in [0.1, 0.15) is 5.76 Å². The maximum absolute atomic E-state index is 12.8. The van der Waals surface area contributed by atoms with Crippen molar-refractivity contribution in [3.63, 3.8) is 0 Å². The molecule has 1 aliphatic heterocycles. The van der Waals surface area contributed by atoms with E-state index >= 15 is 0 Å². The van der Waals surface area contributed by atoms with Crippen LogP contribution in [0.5, 0.6) is 0 Å². The topological polar surface area (TPSA) is 84.4 Å². The van der Waals surface area contributed by atoms with Crippen molar-refractivity contribution in [2.24, 2.45) is 0 Å². The second kappa shape index (κ2) is 7.59. The van der Waals surface area contributed by atoms with Crippen LogP contribution in [0.1, 0.15) is 42.3 Å². The molecule has 4 rings (SSSR count). The molecule has 1 atom stereocenters. The number of hydrogen-bond acceptors (Lipinski definition) is 5. The molecule has 2 aromatic heterocycles. The van der Waals surface area contributed by atoms with E-state index in [0.717, 1.165) is 11.3 Å². The molecule has 3 heterocycles. The fourth-order valence-corrected chi connectivity index (χ4v) is 3.42. The number of fused-ring (bicyclic) bond motifs is 1. The van der Waals surface area contributed by atoms with Gasteiger partial charge in [0.25, 0.3) is 0 Å². The molecular formula is C21H24N4O3. The second-order valence-corrected chi connectivity index (χ2v) is 7.09. The minimum absolute atomic E-state index is 0.0149. The summed E-state index contributed by atoms with van der Waals surface area (Å²) >= 11 is 0. The van der Waals surface area contributed by atoms with Crippen molar-refractivity contribution in [3.8, 4) is 11.5 Å². The van der Waals surface area contributed by atoms with Crippen LogP contribution in [0.4, 0.5) is 0 Å². The Morgan fingerprint density at radius 1 is 1.29 bits per heavy atom. The highest BCUT2D eigenvalue weighted by molar-refractivity contribution is 5.78. The lowest BCUT2D eigenvalue weighted by atomic mass is 10.2. The van der Waals surface area contributed by atoms with Crippen LogP contribution in [-0.4, -0.2) is 37.2 Å². The summed E-state index contributed by atoms with van der Waals surface area (Å²) in [5.74, 6) is 1.22. The molecule has 1 aromatic carbocycles. The highest BCUT2D eigenvalue weighted by Gasteiger charge is 2.25. The third kappa shape index (κ3) is 3.57. The lowest BCUT2D eigenvalue weighted by Crippen LogP contribution is -2.39. The van der Waals surface area contributed by atoms with Gasteiger partial charge in [0, 0.05) is 12.1 Å². The fraction of sp³-hybridized carbons (Fsp3) is 0.381. The van der Waals surface area contributed by atoms with Crippen molar-refractivity contribution in [2.45, 2.75) is 45.9 Å². The van der Waals surface area contributed by atoms with E-state index in [-0.39, 0.29) is 12.3 Å². The van der Waals surface area contributed by atoms with Crippen LogP contribution in [-0.2, 0) is 24.3 Å². The summed E-state index contributed by atoms with van der Waals surface area (Å²) in [7, 11) is 0. The Bertz CT molecular complexity index is 977. The Hall–Kier alpha value is -2.93. The van der Waals surface area contributed by atoms with Crippen molar-refractivity contribution in [1.82, 2.24) is 19.7 Å². The number of amides is 1. The smallest absolute Gasteiger partial charge is 0.229 e. The molecule has 1 amide bonds. The van der Waals surface area contributed by atoms with Crippen molar-refractivity contribution in [3.05, 3.63) is 59.2 Å². The van der Waals surface area contributed by atoms with Gasteiger partial charge in [0.15, 0.2) is 0 Å². The van der Waals surface area contributed by atoms with Gasteiger partial charge in [-0.05, 0) is 31.5 Å². The number of hydrogen-bond donors (Lipinski definition) is 1. The third-order valence-electron chi connectivity index (χ3n) is 5.13. The van der Waals surface area contributed by atoms with Gasteiger partial charge in [-0.1, -0.05) is 25.1 Å². The number of aromatic nitrogens is 3. The van der Waals surface area contributed by atoms with Crippen LogP contribution < -0.4 is 0 Å². The summed E-state index contributed by atoms with van der Waals surface area (Å²) in [5, 5.41) is 14.5. The number of oxazole rings is 1. The number of aliphatic hydroxyl groups is 1. The summed E-state index contributed by atoms with van der Waals surface area (Å²) in [6.07, 6.45) is 0.270. The zero-order valence-corrected chi connectivity index (χ0v) is 16.1. The molecule has 146 valence electrons. The Balaban J connectivity index is 1.46. The van der Waals surface area contributed by atoms with E-state index in [1.54, 1.807) is 0 Å². The van der Waals surface area contributed by atoms with Crippen LogP contribution in [0.25, 0.3) is 11.5 Å². The summed E-state index contributed by atoms with van der Waals surface area (Å²) in [4.78, 5) is 19.2. The number of carbonyl (C=O) groups is 1. The molecule has 28 heavy (non-hydrogen) atoms. The summed E-state index contributed by atoms with van der Waals surface area (Å²) in [5.41, 5.74) is 3.19. The van der Waals surface area contributed by atoms with Gasteiger partial charge in [-0.15, -0.1) is 0 Å². The molecule has 1 aliphatic rings. The van der Waals surface area contributed by atoms with Crippen molar-refractivity contribution >= 4 is 5.91 Å². The van der Waals surface area contributed by atoms with E-state index < -0.39 is 6.10 Å². The third-order valence-corrected chi connectivity index (χ3v) is 5.13. The first-order valence-electron chi connectivity index (χ1n) is 9.59. The normalized spacial score (nSPS) is 14.8. The quantitative estimate of drug-likeness (QED) is 0.736. The Labute approximate surface area is 163 Å². The van der Waals surface area contributed by atoms with Crippen LogP contribution in [0.3, 0.4) is 0 Å². The van der Waals surface area contributed by atoms with Gasteiger partial charge in [0.05, 0.1) is 42.7 Å². The van der Waals surface area contributed by atoms with Gasteiger partial charge >= 0.3 is 0 Å². The molecule has 0 radical (unpaired) electrons. The van der Waals surface area contributed by atoms with Gasteiger partial charge in [-0.3, -0.25) is 9.48 Å². The predicted molar refractivity (Wildman–Crippen MR) is 103 cm³/mol. The average Bonchev–Trinajstić information content (AvgIpc) is 3.31. The minimum atomic E-state index is -0.559. The van der Waals surface area contributed by atoms with Crippen molar-refractivity contribution in [2.75, 3.05) is 6.54 Å². The number of benzene rings is 1. The van der Waals surface area contributed by atoms with E-state index in [2.05, 4.69) is 10.1 Å². The van der Waals surface area contributed by atoms with Crippen LogP contribution in [0.15, 0.2) is 40.8 Å². The molecule has 0 aliphatic carbocycles. The first-order chi connectivity index (χ1) is 13.5. The second-order valence-electron chi connectivity index (χ2n) is 7.09. The first-order valence-corrected chi connectivity index (χ1v) is 9.59. The zero-order chi connectivity index (χ0) is 19.7. The molecule has 0 fully saturated rings. The van der Waals surface area contributed by atoms with Crippen LogP contribution in [0, 0.1) is 6.92 Å². The lowest BCUT2D eigenvalue weighted by Gasteiger charge is -2.27. The standard InChI is InChI=1S/C21H24N4O3/c1-3-19(26)18-11-16-13-24(9-10-25(16)23-18)20(27)12-17-14(2)28-21(22-17)15-7-5-4-6-8-15/h4-8,11,19,26H,3,9-10,12-13H2,1-2H3/t19-/m0/s1. The zero-order valence-electron chi connectivity index (χ0n) is 16.1. The van der Waals surface area contributed by atoms with E-state index in [4.69, 9.17) is 4.42 Å². The highest BCUT2D eigenvalue weighted by Crippen LogP contribution is 2.23. The highest BCUT2D eigenvalue weighted by atomic mass is 16.4. The number of aliphatic hydroxyl groups excluding tert-OH is 1. The number of rotatable bonds is 5. The molecule has 0 unspecified atom stereocenters. The van der Waals surface area contributed by atoms with E-state index in [1.165, 1.54) is 0 Å². The number of nitrogens with zero attached hydrogens (tertiary/aromatic N) is 4. The Morgan fingerprint density at radius 2 is 2.07 bits per heavy atom. The molecule has 0 bridgehead atoms. The van der Waals surface area contributed by atoms with Gasteiger partial charge < -0.3 is 14.4 Å². The van der Waals surface area contributed by atoms with Gasteiger partial charge in [0.2, 0.25) is 11.8 Å². The monoisotopic (exact) mass is 380 g/mol. The summed E-state index contributed by atoms with van der Waals surface area (Å²) in [6.45, 7) is 5.47.